The van der Waals surface area contributed by atoms with Gasteiger partial charge in [-0.05, 0) is 0 Å². The Morgan fingerprint density at radius 1 is 0.590 bits per heavy atom. The molecule has 0 saturated heterocycles. The molecule has 0 bridgehead atoms. The number of allylic oxidation sites excluding steroid dienone is 2. The van der Waals surface area contributed by atoms with Crippen molar-refractivity contribution < 1.29 is 20.0 Å². The van der Waals surface area contributed by atoms with E-state index in [0.717, 1.165) is 30.6 Å². The van der Waals surface area contributed by atoms with E-state index in [1.54, 1.807) is 0 Å². The zero-order valence-corrected chi connectivity index (χ0v) is 45.8. The average molecular weight is 1030 g/mol. The molecule has 319 valence electrons. The van der Waals surface area contributed by atoms with Crippen LogP contribution in [0, 0.1) is 27.7 Å². The van der Waals surface area contributed by atoms with Gasteiger partial charge in [-0.3, -0.25) is 0 Å². The van der Waals surface area contributed by atoms with Crippen molar-refractivity contribution in [3.8, 4) is 39.1 Å². The number of hydrogen-bond acceptors (Lipinski definition) is 1. The summed E-state index contributed by atoms with van der Waals surface area (Å²) in [5.41, 5.74) is 26.4. The first-order valence-electron chi connectivity index (χ1n) is 22.6. The van der Waals surface area contributed by atoms with Crippen LogP contribution in [0.5, 0.6) is 5.75 Å². The molecule has 3 aliphatic carbocycles. The number of hydrogen-bond donors (Lipinski definition) is 0. The van der Waals surface area contributed by atoms with Gasteiger partial charge in [0.05, 0.1) is 0 Å². The topological polar surface area (TPSA) is 9.23 Å². The number of ether oxygens (including phenoxy) is 1. The molecular formula is C56H67Cl2HfOSi. The van der Waals surface area contributed by atoms with E-state index in [2.05, 4.69) is 175 Å². The maximum atomic E-state index is 9.15. The van der Waals surface area contributed by atoms with Crippen molar-refractivity contribution in [2.24, 2.45) is 0 Å². The molecule has 0 heterocycles. The number of aryl methyl sites for hydroxylation is 4. The van der Waals surface area contributed by atoms with E-state index in [1.807, 2.05) is 7.11 Å². The van der Waals surface area contributed by atoms with Crippen molar-refractivity contribution in [1.82, 2.24) is 0 Å². The van der Waals surface area contributed by atoms with Crippen LogP contribution in [0.1, 0.15) is 136 Å². The van der Waals surface area contributed by atoms with E-state index in [0.29, 0.717) is 0 Å². The van der Waals surface area contributed by atoms with E-state index in [-0.39, 0.29) is 18.2 Å². The van der Waals surface area contributed by atoms with Crippen molar-refractivity contribution in [2.45, 2.75) is 134 Å². The number of fused-ring (bicyclic) bond motifs is 3. The Balaban J connectivity index is 1.47. The fourth-order valence-electron chi connectivity index (χ4n) is 11.9. The summed E-state index contributed by atoms with van der Waals surface area (Å²) in [5, 5.41) is 0. The number of rotatable bonds is 7. The Hall–Kier alpha value is -2.95. The van der Waals surface area contributed by atoms with Gasteiger partial charge < -0.3 is 0 Å². The first kappa shape index (κ1) is 44.6. The molecule has 5 aromatic rings. The van der Waals surface area contributed by atoms with Gasteiger partial charge in [0.2, 0.25) is 0 Å². The van der Waals surface area contributed by atoms with Gasteiger partial charge in [-0.25, -0.2) is 0 Å². The molecule has 2 unspecified atom stereocenters. The van der Waals surface area contributed by atoms with Gasteiger partial charge in [0.25, 0.3) is 0 Å². The molecule has 1 nitrogen and oxygen atoms in total. The van der Waals surface area contributed by atoms with Gasteiger partial charge >= 0.3 is 380 Å². The number of halogens is 2. The van der Waals surface area contributed by atoms with E-state index in [1.165, 1.54) is 106 Å². The van der Waals surface area contributed by atoms with Gasteiger partial charge in [0.1, 0.15) is 0 Å². The summed E-state index contributed by atoms with van der Waals surface area (Å²) < 4.78 is 6.43. The molecule has 3 aliphatic rings. The average Bonchev–Trinajstić information content (AvgIpc) is 3.86. The second kappa shape index (κ2) is 15.4. The van der Waals surface area contributed by atoms with Crippen LogP contribution in [0.15, 0.2) is 77.9 Å². The Kier molecular flexibility index (Phi) is 11.2. The van der Waals surface area contributed by atoms with E-state index < -0.39 is 21.3 Å². The van der Waals surface area contributed by atoms with Gasteiger partial charge in [-0.15, -0.1) is 0 Å². The number of methoxy groups -OCH3 is 1. The quantitative estimate of drug-likeness (QED) is 0.148. The van der Waals surface area contributed by atoms with Crippen molar-refractivity contribution in [3.05, 3.63) is 145 Å². The fourth-order valence-corrected chi connectivity index (χ4v) is 58.2. The van der Waals surface area contributed by atoms with Crippen molar-refractivity contribution >= 4 is 35.3 Å². The van der Waals surface area contributed by atoms with E-state index in [4.69, 9.17) is 21.9 Å². The second-order valence-corrected chi connectivity index (χ2v) is 80.9. The molecule has 0 N–H and O–H groups in total. The molecule has 61 heavy (non-hydrogen) atoms. The van der Waals surface area contributed by atoms with Gasteiger partial charge in [-0.1, -0.05) is 0 Å². The van der Waals surface area contributed by atoms with Crippen LogP contribution < -0.4 is 4.74 Å². The summed E-state index contributed by atoms with van der Waals surface area (Å²) in [6.45, 7) is 32.4. The fraction of sp³-hybridized carbons (Fsp3) is 0.393. The summed E-state index contributed by atoms with van der Waals surface area (Å²) in [6, 6.07) is 26.0. The van der Waals surface area contributed by atoms with Gasteiger partial charge in [0.15, 0.2) is 0 Å². The molecule has 5 heteroatoms. The standard InChI is InChI=1S/C29H29.C25H31O.C2H7Si.2ClH.Hf/c1-17-9-18(2)12-22(11-17)28-24-7-6-8-25(24)29(27-16-21(5)15-26(27)28)23-13-19(3)10-20(4)14-23;1-16-13-18-15-21(25(5,6)7)23(26-8)22(20(18)14-16)17-9-11-19(12-10-17)24(2,3)4;1-3-2;;;/h9-16H,6-8H2,1-5H3;9-15H,1-8H3;3H,1-2H3;2*1H;/q;;;;;+2/p-2. The molecule has 2 atom stereocenters. The van der Waals surface area contributed by atoms with Crippen LogP contribution in [0.2, 0.25) is 13.1 Å². The molecule has 0 aliphatic heterocycles. The van der Waals surface area contributed by atoms with Crippen LogP contribution in [-0.4, -0.2) is 13.1 Å². The molecule has 0 spiro atoms. The van der Waals surface area contributed by atoms with Gasteiger partial charge in [0, 0.05) is 0 Å². The van der Waals surface area contributed by atoms with Crippen molar-refractivity contribution in [3.63, 3.8) is 0 Å². The van der Waals surface area contributed by atoms with Crippen molar-refractivity contribution in [2.75, 3.05) is 7.11 Å². The Morgan fingerprint density at radius 2 is 1.08 bits per heavy atom. The summed E-state index contributed by atoms with van der Waals surface area (Å²) >= 11 is -5.39. The molecule has 0 radical (unpaired) electrons. The minimum atomic E-state index is -5.39. The zero-order valence-electron chi connectivity index (χ0n) is 39.5. The second-order valence-electron chi connectivity index (χ2n) is 21.6. The third-order valence-electron chi connectivity index (χ3n) is 14.5. The summed E-state index contributed by atoms with van der Waals surface area (Å²) in [6.07, 6.45) is 8.31. The van der Waals surface area contributed by atoms with E-state index >= 15 is 0 Å². The molecule has 0 aromatic heterocycles. The van der Waals surface area contributed by atoms with Crippen LogP contribution in [0.4, 0.5) is 0 Å². The Bertz CT molecular complexity index is 2660. The third kappa shape index (κ3) is 7.19. The zero-order chi connectivity index (χ0) is 44.3. The summed E-state index contributed by atoms with van der Waals surface area (Å²) in [7, 11) is 20.1. The molecule has 0 fully saturated rings. The minimum absolute atomic E-state index is 0.0256. The first-order chi connectivity index (χ1) is 28.4. The maximum absolute atomic E-state index is 9.15. The predicted molar refractivity (Wildman–Crippen MR) is 267 cm³/mol. The predicted octanol–water partition coefficient (Wildman–Crippen LogP) is 16.6. The van der Waals surface area contributed by atoms with Crippen LogP contribution in [-0.2, 0) is 39.0 Å². The SMILES string of the molecule is COc1c(C(C)(C)C)cc2c(c1-c1ccc(C(C)(C)C)cc1)C=C(C)[CH]2[Hf]([Cl])([Cl])([CH]1C(C)=Cc2c(-c3cc(C)cc(C)c3)c3c(c(-c4cc(C)cc(C)c4)c21)CCC3)[SiH](C)C. The molecular weight excluding hydrogens is 966 g/mol. The summed E-state index contributed by atoms with van der Waals surface area (Å²) in [4.78, 5) is 0. The summed E-state index contributed by atoms with van der Waals surface area (Å²) in [5.74, 6) is -0.880. The number of benzene rings is 5. The van der Waals surface area contributed by atoms with Crippen LogP contribution >= 0.6 is 17.2 Å². The molecule has 0 saturated carbocycles. The molecule has 8 rings (SSSR count). The first-order valence-corrected chi connectivity index (χ1v) is 44.8. The molecule has 0 amide bonds. The Morgan fingerprint density at radius 3 is 1.57 bits per heavy atom. The van der Waals surface area contributed by atoms with E-state index in [9.17, 15) is 0 Å². The third-order valence-corrected chi connectivity index (χ3v) is 87.9. The van der Waals surface area contributed by atoms with Crippen LogP contribution in [0.25, 0.3) is 45.5 Å². The molecule has 5 aromatic carbocycles. The van der Waals surface area contributed by atoms with Crippen molar-refractivity contribution in [1.29, 1.82) is 0 Å². The van der Waals surface area contributed by atoms with Crippen LogP contribution in [0.3, 0.4) is 0 Å². The normalized spacial score (nSPS) is 18.1. The monoisotopic (exact) mass is 1030 g/mol. The Labute approximate surface area is 376 Å². The van der Waals surface area contributed by atoms with Gasteiger partial charge in [-0.2, -0.15) is 0 Å².